The quantitative estimate of drug-likeness (QED) is 0.645. The largest absolute Gasteiger partial charge is 0.245 e. The van der Waals surface area contributed by atoms with Crippen molar-refractivity contribution in [3.8, 4) is 11.8 Å². The van der Waals surface area contributed by atoms with Gasteiger partial charge in [-0.2, -0.15) is 0 Å². The minimum Gasteiger partial charge on any atom is -0.245 e. The van der Waals surface area contributed by atoms with E-state index in [1.165, 1.54) is 0 Å². The lowest BCUT2D eigenvalue weighted by Gasteiger charge is -1.95. The van der Waals surface area contributed by atoms with Gasteiger partial charge in [-0.05, 0) is 43.2 Å². The van der Waals surface area contributed by atoms with E-state index >= 15 is 0 Å². The average Bonchev–Trinajstić information content (AvgIpc) is 2.25. The Morgan fingerprint density at radius 3 is 2.35 bits per heavy atom. The highest BCUT2D eigenvalue weighted by atomic mass is 79.9. The maximum atomic E-state index is 4.34. The van der Waals surface area contributed by atoms with Gasteiger partial charge in [0, 0.05) is 20.2 Å². The fraction of sp³-hybridized carbons (Fsp3) is 0.0714. The van der Waals surface area contributed by atoms with Crippen LogP contribution in [-0.2, 0) is 0 Å². The van der Waals surface area contributed by atoms with Crippen LogP contribution >= 0.6 is 31.9 Å². The fourth-order valence-corrected chi connectivity index (χ4v) is 2.67. The van der Waals surface area contributed by atoms with Crippen molar-refractivity contribution in [3.05, 3.63) is 62.3 Å². The zero-order chi connectivity index (χ0) is 12.3. The minimum atomic E-state index is 0.793. The van der Waals surface area contributed by atoms with E-state index in [1.54, 1.807) is 0 Å². The molecule has 1 heterocycles. The first-order valence-corrected chi connectivity index (χ1v) is 6.64. The lowest BCUT2D eigenvalue weighted by molar-refractivity contribution is 1.18. The van der Waals surface area contributed by atoms with Gasteiger partial charge in [-0.15, -0.1) is 0 Å². The molecule has 0 saturated carbocycles. The summed E-state index contributed by atoms with van der Waals surface area (Å²) in [4.78, 5) is 4.34. The Bertz CT molecular complexity index is 589. The van der Waals surface area contributed by atoms with Crippen molar-refractivity contribution in [2.75, 3.05) is 0 Å². The molecule has 0 aliphatic rings. The number of pyridine rings is 1. The third-order valence-corrected chi connectivity index (χ3v) is 3.00. The van der Waals surface area contributed by atoms with E-state index in [2.05, 4.69) is 48.7 Å². The lowest BCUT2D eigenvalue weighted by Crippen LogP contribution is -1.85. The lowest BCUT2D eigenvalue weighted by atomic mass is 10.2. The Balaban J connectivity index is 2.32. The van der Waals surface area contributed by atoms with Crippen LogP contribution in [0.3, 0.4) is 0 Å². The Hall–Kier alpha value is -1.11. The summed E-state index contributed by atoms with van der Waals surface area (Å²) in [6, 6.07) is 11.8. The third kappa shape index (κ3) is 3.69. The van der Waals surface area contributed by atoms with Gasteiger partial charge in [0.05, 0.1) is 0 Å². The van der Waals surface area contributed by atoms with Crippen LogP contribution in [0.4, 0.5) is 0 Å². The molecule has 3 heteroatoms. The number of aryl methyl sites for hydroxylation is 1. The van der Waals surface area contributed by atoms with Crippen molar-refractivity contribution in [3.63, 3.8) is 0 Å². The minimum absolute atomic E-state index is 0.793. The van der Waals surface area contributed by atoms with E-state index in [9.17, 15) is 0 Å². The van der Waals surface area contributed by atoms with Crippen LogP contribution in [0.2, 0.25) is 0 Å². The molecular formula is C14H9Br2N. The zero-order valence-electron chi connectivity index (χ0n) is 9.17. The van der Waals surface area contributed by atoms with Gasteiger partial charge < -0.3 is 0 Å². The van der Waals surface area contributed by atoms with Crippen LogP contribution < -0.4 is 0 Å². The fourth-order valence-electron chi connectivity index (χ4n) is 1.37. The molecule has 0 aliphatic heterocycles. The molecule has 0 radical (unpaired) electrons. The highest BCUT2D eigenvalue weighted by molar-refractivity contribution is 9.11. The van der Waals surface area contributed by atoms with Gasteiger partial charge in [0.2, 0.25) is 0 Å². The summed E-state index contributed by atoms with van der Waals surface area (Å²) in [5.74, 6) is 6.15. The van der Waals surface area contributed by atoms with Crippen molar-refractivity contribution in [2.24, 2.45) is 0 Å². The van der Waals surface area contributed by atoms with Crippen LogP contribution in [0.5, 0.6) is 0 Å². The Labute approximate surface area is 118 Å². The van der Waals surface area contributed by atoms with Crippen LogP contribution in [0.1, 0.15) is 17.0 Å². The van der Waals surface area contributed by atoms with E-state index in [1.807, 2.05) is 43.3 Å². The van der Waals surface area contributed by atoms with E-state index in [-0.39, 0.29) is 0 Å². The predicted molar refractivity (Wildman–Crippen MR) is 76.8 cm³/mol. The molecule has 0 amide bonds. The molecule has 2 rings (SSSR count). The smallest absolute Gasteiger partial charge is 0.113 e. The molecule has 2 aromatic rings. The Kier molecular flexibility index (Phi) is 3.98. The van der Waals surface area contributed by atoms with Gasteiger partial charge in [-0.3, -0.25) is 0 Å². The maximum Gasteiger partial charge on any atom is 0.113 e. The molecule has 0 unspecified atom stereocenters. The summed E-state index contributed by atoms with van der Waals surface area (Å²) in [6.45, 7) is 1.96. The monoisotopic (exact) mass is 349 g/mol. The van der Waals surface area contributed by atoms with Gasteiger partial charge in [-0.1, -0.05) is 43.8 Å². The zero-order valence-corrected chi connectivity index (χ0v) is 12.3. The van der Waals surface area contributed by atoms with Crippen molar-refractivity contribution < 1.29 is 0 Å². The average molecular weight is 351 g/mol. The molecule has 1 nitrogen and oxygen atoms in total. The van der Waals surface area contributed by atoms with Gasteiger partial charge in [-0.25, -0.2) is 4.98 Å². The molecule has 0 atom stereocenters. The number of aromatic nitrogens is 1. The Morgan fingerprint density at radius 2 is 1.71 bits per heavy atom. The summed E-state index contributed by atoms with van der Waals surface area (Å²) in [5, 5.41) is 0. The molecule has 1 aromatic carbocycles. The van der Waals surface area contributed by atoms with Gasteiger partial charge in [0.1, 0.15) is 5.69 Å². The van der Waals surface area contributed by atoms with Crippen LogP contribution in [0.15, 0.2) is 45.3 Å². The second-order valence-electron chi connectivity index (χ2n) is 3.57. The SMILES string of the molecule is Cc1cccc(C#Cc2cc(Br)cc(Br)c2)n1. The van der Waals surface area contributed by atoms with E-state index in [4.69, 9.17) is 0 Å². The molecular weight excluding hydrogens is 342 g/mol. The molecule has 0 bridgehead atoms. The normalized spacial score (nSPS) is 9.59. The second-order valence-corrected chi connectivity index (χ2v) is 5.40. The van der Waals surface area contributed by atoms with Crippen LogP contribution in [-0.4, -0.2) is 4.98 Å². The molecule has 1 aromatic heterocycles. The second kappa shape index (κ2) is 5.48. The van der Waals surface area contributed by atoms with Gasteiger partial charge >= 0.3 is 0 Å². The van der Waals surface area contributed by atoms with E-state index in [0.29, 0.717) is 0 Å². The molecule has 0 fully saturated rings. The highest BCUT2D eigenvalue weighted by Crippen LogP contribution is 2.19. The van der Waals surface area contributed by atoms with Crippen molar-refractivity contribution >= 4 is 31.9 Å². The third-order valence-electron chi connectivity index (χ3n) is 2.09. The summed E-state index contributed by atoms with van der Waals surface area (Å²) in [6.07, 6.45) is 0. The van der Waals surface area contributed by atoms with Crippen molar-refractivity contribution in [2.45, 2.75) is 6.92 Å². The highest BCUT2D eigenvalue weighted by Gasteiger charge is 1.94. The van der Waals surface area contributed by atoms with Crippen molar-refractivity contribution in [1.82, 2.24) is 4.98 Å². The first-order valence-electron chi connectivity index (χ1n) is 5.05. The summed E-state index contributed by atoms with van der Waals surface area (Å²) >= 11 is 6.87. The van der Waals surface area contributed by atoms with Gasteiger partial charge in [0.15, 0.2) is 0 Å². The number of hydrogen-bond donors (Lipinski definition) is 0. The topological polar surface area (TPSA) is 12.9 Å². The number of halogens is 2. The summed E-state index contributed by atoms with van der Waals surface area (Å²) in [5.41, 5.74) is 2.72. The molecule has 0 saturated heterocycles. The van der Waals surface area contributed by atoms with Crippen LogP contribution in [0, 0.1) is 18.8 Å². The number of rotatable bonds is 0. The number of hydrogen-bond acceptors (Lipinski definition) is 1. The molecule has 84 valence electrons. The Morgan fingerprint density at radius 1 is 1.00 bits per heavy atom. The molecule has 0 N–H and O–H groups in total. The van der Waals surface area contributed by atoms with Crippen molar-refractivity contribution in [1.29, 1.82) is 0 Å². The predicted octanol–water partition coefficient (Wildman–Crippen LogP) is 4.31. The van der Waals surface area contributed by atoms with E-state index < -0.39 is 0 Å². The first-order chi connectivity index (χ1) is 8.13. The molecule has 0 aliphatic carbocycles. The molecule has 17 heavy (non-hydrogen) atoms. The number of nitrogens with zero attached hydrogens (tertiary/aromatic N) is 1. The summed E-state index contributed by atoms with van der Waals surface area (Å²) < 4.78 is 2.02. The first kappa shape index (κ1) is 12.3. The molecule has 0 spiro atoms. The maximum absolute atomic E-state index is 4.34. The van der Waals surface area contributed by atoms with E-state index in [0.717, 1.165) is 25.9 Å². The van der Waals surface area contributed by atoms with Crippen LogP contribution in [0.25, 0.3) is 0 Å². The summed E-state index contributed by atoms with van der Waals surface area (Å²) in [7, 11) is 0. The standard InChI is InChI=1S/C14H9Br2N/c1-10-3-2-4-14(17-10)6-5-11-7-12(15)9-13(16)8-11/h2-4,7-9H,1H3. The number of benzene rings is 1. The van der Waals surface area contributed by atoms with Gasteiger partial charge in [0.25, 0.3) is 0 Å².